The van der Waals surface area contributed by atoms with Gasteiger partial charge < -0.3 is 0 Å². The van der Waals surface area contributed by atoms with E-state index in [1.807, 2.05) is 6.21 Å². The summed E-state index contributed by atoms with van der Waals surface area (Å²) in [6, 6.07) is 0.502. The minimum atomic E-state index is 0.502. The first-order valence-electron chi connectivity index (χ1n) is 3.93. The highest BCUT2D eigenvalue weighted by Crippen LogP contribution is 2.14. The molecule has 0 fully saturated rings. The molecule has 0 aromatic carbocycles. The van der Waals surface area contributed by atoms with Gasteiger partial charge in [0.2, 0.25) is 0 Å². The normalized spacial score (nSPS) is 25.2. The van der Waals surface area contributed by atoms with Crippen molar-refractivity contribution in [2.24, 2.45) is 10.9 Å². The molecule has 1 nitrogen and oxygen atoms in total. The van der Waals surface area contributed by atoms with Crippen LogP contribution in [0.5, 0.6) is 0 Å². The third-order valence-electron chi connectivity index (χ3n) is 1.84. The maximum Gasteiger partial charge on any atom is 0.0506 e. The fourth-order valence-corrected chi connectivity index (χ4v) is 1.02. The van der Waals surface area contributed by atoms with Crippen LogP contribution in [0.2, 0.25) is 0 Å². The third kappa shape index (κ3) is 1.69. The first-order chi connectivity index (χ1) is 4.70. The Hall–Kier alpha value is -0.590. The summed E-state index contributed by atoms with van der Waals surface area (Å²) in [5, 5.41) is 0. The first kappa shape index (κ1) is 7.52. The van der Waals surface area contributed by atoms with Crippen LogP contribution in [-0.4, -0.2) is 12.3 Å². The Bertz CT molecular complexity index is 166. The molecule has 1 heterocycles. The van der Waals surface area contributed by atoms with Crippen LogP contribution in [0.25, 0.3) is 0 Å². The van der Waals surface area contributed by atoms with E-state index in [-0.39, 0.29) is 0 Å². The lowest BCUT2D eigenvalue weighted by molar-refractivity contribution is 0.720. The van der Waals surface area contributed by atoms with Crippen LogP contribution in [0.4, 0.5) is 0 Å². The average Bonchev–Trinajstić information content (AvgIpc) is 1.88. The van der Waals surface area contributed by atoms with Crippen LogP contribution >= 0.6 is 0 Å². The van der Waals surface area contributed by atoms with Crippen LogP contribution in [0.3, 0.4) is 0 Å². The number of hydrogen-bond acceptors (Lipinski definition) is 1. The maximum absolute atomic E-state index is 4.34. The molecule has 10 heavy (non-hydrogen) atoms. The van der Waals surface area contributed by atoms with Crippen molar-refractivity contribution in [2.75, 3.05) is 0 Å². The topological polar surface area (TPSA) is 12.4 Å². The number of dihydropyridines is 1. The third-order valence-corrected chi connectivity index (χ3v) is 1.84. The molecule has 1 rings (SSSR count). The lowest BCUT2D eigenvalue weighted by Gasteiger charge is -2.13. The fraction of sp³-hybridized carbons (Fsp3) is 0.667. The SMILES string of the molecule is CC1CC=C(C(C)C)C=N1. The van der Waals surface area contributed by atoms with Crippen LogP contribution < -0.4 is 0 Å². The molecule has 1 aliphatic rings. The summed E-state index contributed by atoms with van der Waals surface area (Å²) < 4.78 is 0. The van der Waals surface area contributed by atoms with Crippen LogP contribution in [0.15, 0.2) is 16.6 Å². The van der Waals surface area contributed by atoms with E-state index in [1.54, 1.807) is 0 Å². The van der Waals surface area contributed by atoms with Gasteiger partial charge in [0.05, 0.1) is 6.04 Å². The molecule has 0 N–H and O–H groups in total. The van der Waals surface area contributed by atoms with Crippen molar-refractivity contribution in [3.8, 4) is 0 Å². The number of aliphatic imine (C=N–C) groups is 1. The van der Waals surface area contributed by atoms with Crippen LogP contribution in [0, 0.1) is 5.92 Å². The highest BCUT2D eigenvalue weighted by Gasteiger charge is 2.06. The summed E-state index contributed by atoms with van der Waals surface area (Å²) in [6.45, 7) is 6.55. The van der Waals surface area contributed by atoms with Crippen molar-refractivity contribution in [1.82, 2.24) is 0 Å². The zero-order valence-corrected chi connectivity index (χ0v) is 6.96. The Morgan fingerprint density at radius 3 is 2.70 bits per heavy atom. The number of nitrogens with zero attached hydrogens (tertiary/aromatic N) is 1. The quantitative estimate of drug-likeness (QED) is 0.526. The Morgan fingerprint density at radius 1 is 1.60 bits per heavy atom. The Kier molecular flexibility index (Phi) is 2.25. The van der Waals surface area contributed by atoms with E-state index >= 15 is 0 Å². The monoisotopic (exact) mass is 137 g/mol. The molecule has 0 bridgehead atoms. The van der Waals surface area contributed by atoms with E-state index < -0.39 is 0 Å². The summed E-state index contributed by atoms with van der Waals surface area (Å²) in [5.41, 5.74) is 1.39. The van der Waals surface area contributed by atoms with Crippen molar-refractivity contribution in [3.63, 3.8) is 0 Å². The van der Waals surface area contributed by atoms with Gasteiger partial charge in [-0.05, 0) is 24.8 Å². The van der Waals surface area contributed by atoms with E-state index in [0.29, 0.717) is 12.0 Å². The van der Waals surface area contributed by atoms with Gasteiger partial charge in [0.25, 0.3) is 0 Å². The second-order valence-corrected chi connectivity index (χ2v) is 3.22. The fourth-order valence-electron chi connectivity index (χ4n) is 1.02. The molecule has 0 saturated carbocycles. The van der Waals surface area contributed by atoms with E-state index in [4.69, 9.17) is 0 Å². The standard InChI is InChI=1S/C9H15N/c1-7(2)9-5-4-8(3)10-6-9/h5-8H,4H2,1-3H3. The van der Waals surface area contributed by atoms with Gasteiger partial charge in [0.15, 0.2) is 0 Å². The van der Waals surface area contributed by atoms with Crippen molar-refractivity contribution >= 4 is 6.21 Å². The Labute approximate surface area is 62.9 Å². The van der Waals surface area contributed by atoms with Crippen molar-refractivity contribution < 1.29 is 0 Å². The summed E-state index contributed by atoms with van der Waals surface area (Å²) in [5.74, 6) is 0.635. The largest absolute Gasteiger partial charge is 0.290 e. The van der Waals surface area contributed by atoms with Crippen LogP contribution in [-0.2, 0) is 0 Å². The Balaban J connectivity index is 2.59. The molecular formula is C9H15N. The Morgan fingerprint density at radius 2 is 2.30 bits per heavy atom. The molecule has 0 amide bonds. The highest BCUT2D eigenvalue weighted by molar-refractivity contribution is 5.80. The molecular weight excluding hydrogens is 122 g/mol. The smallest absolute Gasteiger partial charge is 0.0506 e. The van der Waals surface area contributed by atoms with Gasteiger partial charge in [-0.1, -0.05) is 19.9 Å². The van der Waals surface area contributed by atoms with Gasteiger partial charge >= 0.3 is 0 Å². The van der Waals surface area contributed by atoms with Gasteiger partial charge in [-0.2, -0.15) is 0 Å². The molecule has 0 aromatic heterocycles. The summed E-state index contributed by atoms with van der Waals surface area (Å²) in [7, 11) is 0. The zero-order chi connectivity index (χ0) is 7.56. The predicted molar refractivity (Wildman–Crippen MR) is 45.5 cm³/mol. The lowest BCUT2D eigenvalue weighted by atomic mass is 10.00. The van der Waals surface area contributed by atoms with Gasteiger partial charge in [0.1, 0.15) is 0 Å². The zero-order valence-electron chi connectivity index (χ0n) is 6.96. The van der Waals surface area contributed by atoms with E-state index in [9.17, 15) is 0 Å². The minimum absolute atomic E-state index is 0.502. The summed E-state index contributed by atoms with van der Waals surface area (Å²) >= 11 is 0. The molecule has 0 aliphatic carbocycles. The van der Waals surface area contributed by atoms with E-state index in [2.05, 4.69) is 31.8 Å². The average molecular weight is 137 g/mol. The summed E-state index contributed by atoms with van der Waals surface area (Å²) in [6.07, 6.45) is 5.42. The second kappa shape index (κ2) is 3.00. The van der Waals surface area contributed by atoms with Crippen molar-refractivity contribution in [2.45, 2.75) is 33.2 Å². The lowest BCUT2D eigenvalue weighted by Crippen LogP contribution is -2.06. The van der Waals surface area contributed by atoms with Crippen molar-refractivity contribution in [3.05, 3.63) is 11.6 Å². The predicted octanol–water partition coefficient (Wildman–Crippen LogP) is 2.43. The molecule has 0 radical (unpaired) electrons. The highest BCUT2D eigenvalue weighted by atomic mass is 14.8. The molecule has 0 aromatic rings. The molecule has 56 valence electrons. The molecule has 1 atom stereocenters. The summed E-state index contributed by atoms with van der Waals surface area (Å²) in [4.78, 5) is 4.34. The molecule has 1 heteroatoms. The van der Waals surface area contributed by atoms with Gasteiger partial charge in [-0.15, -0.1) is 0 Å². The van der Waals surface area contributed by atoms with Crippen LogP contribution in [0.1, 0.15) is 27.2 Å². The first-order valence-corrected chi connectivity index (χ1v) is 3.93. The number of rotatable bonds is 1. The molecule has 0 saturated heterocycles. The van der Waals surface area contributed by atoms with E-state index in [0.717, 1.165) is 6.42 Å². The number of allylic oxidation sites excluding steroid dienone is 1. The molecule has 1 unspecified atom stereocenters. The number of hydrogen-bond donors (Lipinski definition) is 0. The van der Waals surface area contributed by atoms with Gasteiger partial charge in [-0.3, -0.25) is 4.99 Å². The van der Waals surface area contributed by atoms with Gasteiger partial charge in [0, 0.05) is 6.21 Å². The molecule has 1 aliphatic heterocycles. The van der Waals surface area contributed by atoms with Gasteiger partial charge in [-0.25, -0.2) is 0 Å². The second-order valence-electron chi connectivity index (χ2n) is 3.22. The molecule has 0 spiro atoms. The minimum Gasteiger partial charge on any atom is -0.290 e. The van der Waals surface area contributed by atoms with Crippen molar-refractivity contribution in [1.29, 1.82) is 0 Å². The maximum atomic E-state index is 4.34. The van der Waals surface area contributed by atoms with E-state index in [1.165, 1.54) is 5.57 Å².